The average Bonchev–Trinajstić information content (AvgIpc) is 2.49. The minimum absolute atomic E-state index is 0.0879. The Balaban J connectivity index is 1.87. The summed E-state index contributed by atoms with van der Waals surface area (Å²) in [5.41, 5.74) is 1.26. The van der Waals surface area contributed by atoms with Gasteiger partial charge in [-0.15, -0.1) is 0 Å². The Kier molecular flexibility index (Phi) is 5.12. The van der Waals surface area contributed by atoms with Gasteiger partial charge in [-0.25, -0.2) is 0 Å². The maximum absolute atomic E-state index is 12.1. The molecule has 0 saturated heterocycles. The van der Waals surface area contributed by atoms with E-state index in [2.05, 4.69) is 10.6 Å². The standard InChI is InChI=1S/C15H20N2O3/c18-9-11-1-5-14(6-2-11)17-15(20)12-3-7-13(8-4-12)16-10-19/h3-4,7-8,10-11,14,18H,1-2,5-6,9H2,(H,16,19)(H,17,20). The van der Waals surface area contributed by atoms with Crippen LogP contribution in [0.3, 0.4) is 0 Å². The van der Waals surface area contributed by atoms with Crippen molar-refractivity contribution in [3.05, 3.63) is 29.8 Å². The quantitative estimate of drug-likeness (QED) is 0.714. The summed E-state index contributed by atoms with van der Waals surface area (Å²) in [6.07, 6.45) is 4.37. The lowest BCUT2D eigenvalue weighted by molar-refractivity contribution is -0.105. The first-order valence-electron chi connectivity index (χ1n) is 6.95. The first-order chi connectivity index (χ1) is 9.72. The number of benzene rings is 1. The highest BCUT2D eigenvalue weighted by Gasteiger charge is 2.22. The van der Waals surface area contributed by atoms with Crippen LogP contribution in [-0.2, 0) is 4.79 Å². The third kappa shape index (κ3) is 3.81. The van der Waals surface area contributed by atoms with E-state index >= 15 is 0 Å². The van der Waals surface area contributed by atoms with E-state index in [1.54, 1.807) is 24.3 Å². The molecular formula is C15H20N2O3. The fourth-order valence-electron chi connectivity index (χ4n) is 2.54. The second-order valence-corrected chi connectivity index (χ2v) is 5.21. The van der Waals surface area contributed by atoms with Crippen molar-refractivity contribution < 1.29 is 14.7 Å². The van der Waals surface area contributed by atoms with Crippen LogP contribution in [0.2, 0.25) is 0 Å². The van der Waals surface area contributed by atoms with E-state index in [4.69, 9.17) is 5.11 Å². The van der Waals surface area contributed by atoms with Gasteiger partial charge in [-0.3, -0.25) is 9.59 Å². The summed E-state index contributed by atoms with van der Waals surface area (Å²) in [6, 6.07) is 6.98. The summed E-state index contributed by atoms with van der Waals surface area (Å²) in [5.74, 6) is 0.298. The number of rotatable bonds is 5. The van der Waals surface area contributed by atoms with Gasteiger partial charge in [-0.05, 0) is 55.9 Å². The number of aliphatic hydroxyl groups excluding tert-OH is 1. The average molecular weight is 276 g/mol. The Morgan fingerprint density at radius 2 is 1.85 bits per heavy atom. The molecule has 0 unspecified atom stereocenters. The van der Waals surface area contributed by atoms with Crippen molar-refractivity contribution in [3.8, 4) is 0 Å². The lowest BCUT2D eigenvalue weighted by Crippen LogP contribution is -2.38. The van der Waals surface area contributed by atoms with Gasteiger partial charge in [-0.2, -0.15) is 0 Å². The molecule has 1 aromatic rings. The minimum Gasteiger partial charge on any atom is -0.396 e. The van der Waals surface area contributed by atoms with Crippen molar-refractivity contribution in [2.45, 2.75) is 31.7 Å². The molecule has 0 bridgehead atoms. The van der Waals surface area contributed by atoms with Crippen molar-refractivity contribution in [2.24, 2.45) is 5.92 Å². The molecule has 2 amide bonds. The maximum Gasteiger partial charge on any atom is 0.251 e. The number of carbonyl (C=O) groups is 2. The summed E-state index contributed by atoms with van der Waals surface area (Å²) in [5, 5.41) is 14.6. The van der Waals surface area contributed by atoms with E-state index in [-0.39, 0.29) is 18.6 Å². The molecule has 5 heteroatoms. The molecule has 0 atom stereocenters. The fraction of sp³-hybridized carbons (Fsp3) is 0.467. The summed E-state index contributed by atoms with van der Waals surface area (Å²) >= 11 is 0. The van der Waals surface area contributed by atoms with E-state index in [0.29, 0.717) is 23.6 Å². The van der Waals surface area contributed by atoms with Gasteiger partial charge in [0.15, 0.2) is 0 Å². The predicted octanol–water partition coefficient (Wildman–Crippen LogP) is 1.54. The first kappa shape index (κ1) is 14.5. The Morgan fingerprint density at radius 3 is 2.40 bits per heavy atom. The molecule has 2 rings (SSSR count). The topological polar surface area (TPSA) is 78.4 Å². The lowest BCUT2D eigenvalue weighted by atomic mass is 9.86. The molecule has 1 saturated carbocycles. The smallest absolute Gasteiger partial charge is 0.251 e. The van der Waals surface area contributed by atoms with E-state index in [1.165, 1.54) is 0 Å². The molecule has 108 valence electrons. The number of anilines is 1. The maximum atomic E-state index is 12.1. The second-order valence-electron chi connectivity index (χ2n) is 5.21. The Labute approximate surface area is 118 Å². The number of nitrogens with one attached hydrogen (secondary N) is 2. The zero-order chi connectivity index (χ0) is 14.4. The van der Waals surface area contributed by atoms with Crippen molar-refractivity contribution in [1.29, 1.82) is 0 Å². The highest BCUT2D eigenvalue weighted by atomic mass is 16.3. The molecule has 1 aliphatic rings. The molecule has 20 heavy (non-hydrogen) atoms. The van der Waals surface area contributed by atoms with Gasteiger partial charge >= 0.3 is 0 Å². The lowest BCUT2D eigenvalue weighted by Gasteiger charge is -2.27. The number of carbonyl (C=O) groups excluding carboxylic acids is 2. The third-order valence-corrected chi connectivity index (χ3v) is 3.81. The predicted molar refractivity (Wildman–Crippen MR) is 76.4 cm³/mol. The second kappa shape index (κ2) is 7.05. The van der Waals surface area contributed by atoms with Gasteiger partial charge in [0.05, 0.1) is 0 Å². The van der Waals surface area contributed by atoms with Gasteiger partial charge in [0.1, 0.15) is 0 Å². The zero-order valence-electron chi connectivity index (χ0n) is 11.3. The van der Waals surface area contributed by atoms with Crippen LogP contribution < -0.4 is 10.6 Å². The Hall–Kier alpha value is -1.88. The molecule has 3 N–H and O–H groups in total. The minimum atomic E-state index is -0.0879. The van der Waals surface area contributed by atoms with Gasteiger partial charge in [0, 0.05) is 23.9 Å². The van der Waals surface area contributed by atoms with Gasteiger partial charge < -0.3 is 15.7 Å². The van der Waals surface area contributed by atoms with Crippen LogP contribution in [0.4, 0.5) is 5.69 Å². The molecule has 0 spiro atoms. The molecule has 1 aromatic carbocycles. The van der Waals surface area contributed by atoms with Gasteiger partial charge in [0.2, 0.25) is 6.41 Å². The Morgan fingerprint density at radius 1 is 1.20 bits per heavy atom. The largest absolute Gasteiger partial charge is 0.396 e. The van der Waals surface area contributed by atoms with Crippen molar-refractivity contribution >= 4 is 18.0 Å². The number of hydrogen-bond donors (Lipinski definition) is 3. The summed E-state index contributed by atoms with van der Waals surface area (Å²) < 4.78 is 0. The molecular weight excluding hydrogens is 256 g/mol. The highest BCUT2D eigenvalue weighted by molar-refractivity contribution is 5.94. The summed E-state index contributed by atoms with van der Waals surface area (Å²) in [6.45, 7) is 0.242. The molecule has 0 aliphatic heterocycles. The van der Waals surface area contributed by atoms with Crippen molar-refractivity contribution in [2.75, 3.05) is 11.9 Å². The SMILES string of the molecule is O=CNc1ccc(C(=O)NC2CCC(CO)CC2)cc1. The van der Waals surface area contributed by atoms with Gasteiger partial charge in [-0.1, -0.05) is 0 Å². The normalized spacial score (nSPS) is 22.1. The highest BCUT2D eigenvalue weighted by Crippen LogP contribution is 2.24. The molecule has 5 nitrogen and oxygen atoms in total. The van der Waals surface area contributed by atoms with Gasteiger partial charge in [0.25, 0.3) is 5.91 Å². The van der Waals surface area contributed by atoms with Crippen LogP contribution in [0, 0.1) is 5.92 Å². The zero-order valence-corrected chi connectivity index (χ0v) is 11.3. The van der Waals surface area contributed by atoms with E-state index in [9.17, 15) is 9.59 Å². The molecule has 1 aliphatic carbocycles. The van der Waals surface area contributed by atoms with E-state index in [0.717, 1.165) is 25.7 Å². The van der Waals surface area contributed by atoms with E-state index < -0.39 is 0 Å². The monoisotopic (exact) mass is 276 g/mol. The third-order valence-electron chi connectivity index (χ3n) is 3.81. The van der Waals surface area contributed by atoms with Crippen LogP contribution in [0.15, 0.2) is 24.3 Å². The first-order valence-corrected chi connectivity index (χ1v) is 6.95. The van der Waals surface area contributed by atoms with Crippen LogP contribution in [0.25, 0.3) is 0 Å². The van der Waals surface area contributed by atoms with Crippen LogP contribution in [0.5, 0.6) is 0 Å². The molecule has 0 heterocycles. The molecule has 0 aromatic heterocycles. The Bertz CT molecular complexity index is 451. The van der Waals surface area contributed by atoms with Crippen molar-refractivity contribution in [3.63, 3.8) is 0 Å². The van der Waals surface area contributed by atoms with Crippen molar-refractivity contribution in [1.82, 2.24) is 5.32 Å². The van der Waals surface area contributed by atoms with Crippen LogP contribution in [-0.4, -0.2) is 30.1 Å². The molecule has 1 fully saturated rings. The number of hydrogen-bond acceptors (Lipinski definition) is 3. The number of amides is 2. The van der Waals surface area contributed by atoms with Crippen LogP contribution in [0.1, 0.15) is 36.0 Å². The van der Waals surface area contributed by atoms with E-state index in [1.807, 2.05) is 0 Å². The van der Waals surface area contributed by atoms with Crippen LogP contribution >= 0.6 is 0 Å². The summed E-state index contributed by atoms with van der Waals surface area (Å²) in [4.78, 5) is 22.4. The fourth-order valence-corrected chi connectivity index (χ4v) is 2.54. The molecule has 0 radical (unpaired) electrons. The number of aliphatic hydroxyl groups is 1. The summed E-state index contributed by atoms with van der Waals surface area (Å²) in [7, 11) is 0.